The fourth-order valence-corrected chi connectivity index (χ4v) is 3.39. The molecule has 0 bridgehead atoms. The standard InChI is InChI=1S/C21H23N5O2/c1-16-6-2-3-7-17(16)21-23-19(28-24-21)9-10-20(27)26-14-12-25(13-15-26)18-8-4-5-11-22-18/h2-8,11H,9-10,12-15H2,1H3. The summed E-state index contributed by atoms with van der Waals surface area (Å²) >= 11 is 0. The molecule has 4 rings (SSSR count). The third kappa shape index (κ3) is 4.03. The molecule has 2 aromatic heterocycles. The van der Waals surface area contributed by atoms with Crippen molar-refractivity contribution in [1.82, 2.24) is 20.0 Å². The second-order valence-electron chi connectivity index (χ2n) is 6.88. The van der Waals surface area contributed by atoms with E-state index in [9.17, 15) is 4.79 Å². The van der Waals surface area contributed by atoms with Crippen molar-refractivity contribution in [1.29, 1.82) is 0 Å². The third-order valence-electron chi connectivity index (χ3n) is 5.01. The second kappa shape index (κ2) is 8.21. The van der Waals surface area contributed by atoms with Gasteiger partial charge in [-0.25, -0.2) is 4.98 Å². The first-order valence-corrected chi connectivity index (χ1v) is 9.53. The van der Waals surface area contributed by atoms with Gasteiger partial charge in [0, 0.05) is 50.8 Å². The van der Waals surface area contributed by atoms with Gasteiger partial charge in [0.1, 0.15) is 5.82 Å². The van der Waals surface area contributed by atoms with Crippen LogP contribution in [-0.4, -0.2) is 52.1 Å². The minimum absolute atomic E-state index is 0.122. The summed E-state index contributed by atoms with van der Waals surface area (Å²) in [6.07, 6.45) is 2.62. The van der Waals surface area contributed by atoms with E-state index < -0.39 is 0 Å². The highest BCUT2D eigenvalue weighted by atomic mass is 16.5. The van der Waals surface area contributed by atoms with Crippen LogP contribution in [0.2, 0.25) is 0 Å². The highest BCUT2D eigenvalue weighted by Crippen LogP contribution is 2.20. The zero-order valence-electron chi connectivity index (χ0n) is 15.9. The Balaban J connectivity index is 1.29. The number of aryl methyl sites for hydroxylation is 2. The van der Waals surface area contributed by atoms with Crippen LogP contribution in [0.1, 0.15) is 17.9 Å². The Bertz CT molecular complexity index is 933. The van der Waals surface area contributed by atoms with Crippen molar-refractivity contribution < 1.29 is 9.32 Å². The number of carbonyl (C=O) groups excluding carboxylic acids is 1. The lowest BCUT2D eigenvalue weighted by molar-refractivity contribution is -0.131. The number of hydrogen-bond acceptors (Lipinski definition) is 6. The highest BCUT2D eigenvalue weighted by molar-refractivity contribution is 5.76. The molecule has 1 aliphatic rings. The molecule has 0 N–H and O–H groups in total. The predicted octanol–water partition coefficient (Wildman–Crippen LogP) is 2.72. The van der Waals surface area contributed by atoms with Crippen molar-refractivity contribution in [2.45, 2.75) is 19.8 Å². The molecular weight excluding hydrogens is 354 g/mol. The Kier molecular flexibility index (Phi) is 5.32. The topological polar surface area (TPSA) is 75.4 Å². The minimum atomic E-state index is 0.122. The van der Waals surface area contributed by atoms with E-state index in [1.165, 1.54) is 0 Å². The molecule has 0 radical (unpaired) electrons. The summed E-state index contributed by atoms with van der Waals surface area (Å²) < 4.78 is 5.34. The predicted molar refractivity (Wildman–Crippen MR) is 106 cm³/mol. The monoisotopic (exact) mass is 377 g/mol. The van der Waals surface area contributed by atoms with Crippen LogP contribution in [-0.2, 0) is 11.2 Å². The molecule has 1 amide bonds. The Morgan fingerprint density at radius 2 is 1.86 bits per heavy atom. The first-order valence-electron chi connectivity index (χ1n) is 9.53. The first kappa shape index (κ1) is 18.2. The van der Waals surface area contributed by atoms with Gasteiger partial charge in [0.25, 0.3) is 0 Å². The van der Waals surface area contributed by atoms with Gasteiger partial charge in [-0.1, -0.05) is 35.5 Å². The molecule has 7 nitrogen and oxygen atoms in total. The number of carbonyl (C=O) groups is 1. The van der Waals surface area contributed by atoms with Crippen molar-refractivity contribution in [3.8, 4) is 11.4 Å². The molecule has 0 saturated carbocycles. The Morgan fingerprint density at radius 1 is 1.07 bits per heavy atom. The molecule has 1 aromatic carbocycles. The lowest BCUT2D eigenvalue weighted by Gasteiger charge is -2.35. The van der Waals surface area contributed by atoms with Crippen molar-refractivity contribution in [3.63, 3.8) is 0 Å². The van der Waals surface area contributed by atoms with E-state index >= 15 is 0 Å². The molecule has 144 valence electrons. The van der Waals surface area contributed by atoms with Crippen LogP contribution >= 0.6 is 0 Å². The van der Waals surface area contributed by atoms with Gasteiger partial charge >= 0.3 is 0 Å². The minimum Gasteiger partial charge on any atom is -0.353 e. The fourth-order valence-electron chi connectivity index (χ4n) is 3.39. The van der Waals surface area contributed by atoms with Crippen molar-refractivity contribution >= 4 is 11.7 Å². The number of piperazine rings is 1. The maximum atomic E-state index is 12.5. The van der Waals surface area contributed by atoms with E-state index in [4.69, 9.17) is 4.52 Å². The van der Waals surface area contributed by atoms with E-state index in [1.54, 1.807) is 6.20 Å². The average molecular weight is 377 g/mol. The van der Waals surface area contributed by atoms with Crippen molar-refractivity contribution in [3.05, 3.63) is 60.1 Å². The van der Waals surface area contributed by atoms with Gasteiger partial charge in [0.15, 0.2) is 0 Å². The van der Waals surface area contributed by atoms with E-state index in [0.29, 0.717) is 37.6 Å². The molecule has 1 aliphatic heterocycles. The molecule has 0 atom stereocenters. The molecule has 0 spiro atoms. The SMILES string of the molecule is Cc1ccccc1-c1noc(CCC(=O)N2CCN(c3ccccn3)CC2)n1. The lowest BCUT2D eigenvalue weighted by atomic mass is 10.1. The maximum absolute atomic E-state index is 12.5. The van der Waals surface area contributed by atoms with Gasteiger partial charge in [-0.05, 0) is 24.6 Å². The average Bonchev–Trinajstić information content (AvgIpc) is 3.22. The van der Waals surface area contributed by atoms with Crippen molar-refractivity contribution in [2.75, 3.05) is 31.1 Å². The number of benzene rings is 1. The normalized spacial score (nSPS) is 14.3. The molecule has 28 heavy (non-hydrogen) atoms. The van der Waals surface area contributed by atoms with E-state index in [0.717, 1.165) is 30.0 Å². The number of amides is 1. The quantitative estimate of drug-likeness (QED) is 0.681. The Labute approximate surface area is 164 Å². The summed E-state index contributed by atoms with van der Waals surface area (Å²) in [6.45, 7) is 5.00. The van der Waals surface area contributed by atoms with Gasteiger partial charge in [-0.3, -0.25) is 4.79 Å². The zero-order valence-corrected chi connectivity index (χ0v) is 15.9. The number of rotatable bonds is 5. The zero-order chi connectivity index (χ0) is 19.3. The number of pyridine rings is 1. The molecule has 1 fully saturated rings. The van der Waals surface area contributed by atoms with Crippen LogP contribution < -0.4 is 4.90 Å². The molecule has 3 heterocycles. The summed E-state index contributed by atoms with van der Waals surface area (Å²) in [5.41, 5.74) is 2.05. The van der Waals surface area contributed by atoms with Gasteiger partial charge in [-0.2, -0.15) is 4.98 Å². The summed E-state index contributed by atoms with van der Waals surface area (Å²) in [5, 5.41) is 4.06. The Morgan fingerprint density at radius 3 is 2.61 bits per heavy atom. The fraction of sp³-hybridized carbons (Fsp3) is 0.333. The third-order valence-corrected chi connectivity index (χ3v) is 5.01. The highest BCUT2D eigenvalue weighted by Gasteiger charge is 2.22. The van der Waals surface area contributed by atoms with E-state index in [2.05, 4.69) is 20.0 Å². The number of hydrogen-bond donors (Lipinski definition) is 0. The summed E-state index contributed by atoms with van der Waals surface area (Å²) in [5.74, 6) is 2.16. The van der Waals surface area contributed by atoms with Gasteiger partial charge in [0.2, 0.25) is 17.6 Å². The summed E-state index contributed by atoms with van der Waals surface area (Å²) in [6, 6.07) is 13.8. The molecule has 1 saturated heterocycles. The van der Waals surface area contributed by atoms with Crippen LogP contribution in [0.15, 0.2) is 53.2 Å². The number of nitrogens with zero attached hydrogens (tertiary/aromatic N) is 5. The molecule has 0 aliphatic carbocycles. The smallest absolute Gasteiger partial charge is 0.227 e. The van der Waals surface area contributed by atoms with Gasteiger partial charge in [0.05, 0.1) is 0 Å². The van der Waals surface area contributed by atoms with Crippen molar-refractivity contribution in [2.24, 2.45) is 0 Å². The summed E-state index contributed by atoms with van der Waals surface area (Å²) in [7, 11) is 0. The molecular formula is C21H23N5O2. The van der Waals surface area contributed by atoms with E-state index in [1.807, 2.05) is 54.3 Å². The van der Waals surface area contributed by atoms with Gasteiger partial charge < -0.3 is 14.3 Å². The maximum Gasteiger partial charge on any atom is 0.227 e. The van der Waals surface area contributed by atoms with Crippen LogP contribution in [0.4, 0.5) is 5.82 Å². The number of anilines is 1. The second-order valence-corrected chi connectivity index (χ2v) is 6.88. The molecule has 3 aromatic rings. The van der Waals surface area contributed by atoms with Gasteiger partial charge in [-0.15, -0.1) is 0 Å². The largest absolute Gasteiger partial charge is 0.353 e. The van der Waals surface area contributed by atoms with Crippen LogP contribution in [0.25, 0.3) is 11.4 Å². The van der Waals surface area contributed by atoms with E-state index in [-0.39, 0.29) is 5.91 Å². The Hall–Kier alpha value is -3.22. The molecule has 0 unspecified atom stereocenters. The molecule has 7 heteroatoms. The number of aromatic nitrogens is 3. The first-order chi connectivity index (χ1) is 13.7. The van der Waals surface area contributed by atoms with Crippen LogP contribution in [0, 0.1) is 6.92 Å². The summed E-state index contributed by atoms with van der Waals surface area (Å²) in [4.78, 5) is 25.5. The lowest BCUT2D eigenvalue weighted by Crippen LogP contribution is -2.49. The van der Waals surface area contributed by atoms with Crippen LogP contribution in [0.3, 0.4) is 0 Å². The van der Waals surface area contributed by atoms with Crippen LogP contribution in [0.5, 0.6) is 0 Å².